The predicted molar refractivity (Wildman–Crippen MR) is 59.5 cm³/mol. The summed E-state index contributed by atoms with van der Waals surface area (Å²) in [6.07, 6.45) is 2.52. The van der Waals surface area contributed by atoms with Gasteiger partial charge in [-0.3, -0.25) is 4.79 Å². The fourth-order valence-electron chi connectivity index (χ4n) is 1.65. The molecule has 1 aliphatic heterocycles. The van der Waals surface area contributed by atoms with E-state index in [1.54, 1.807) is 6.08 Å². The number of hydrogen-bond donors (Lipinski definition) is 0. The Kier molecular flexibility index (Phi) is 2.86. The van der Waals surface area contributed by atoms with Crippen LogP contribution in [-0.2, 0) is 14.3 Å². The van der Waals surface area contributed by atoms with Crippen LogP contribution in [0, 0.1) is 6.92 Å². The van der Waals surface area contributed by atoms with Crippen LogP contribution in [-0.4, -0.2) is 11.9 Å². The van der Waals surface area contributed by atoms with Crippen molar-refractivity contribution in [3.8, 4) is 0 Å². The molecule has 1 fully saturated rings. The molecule has 0 aromatic heterocycles. The van der Waals surface area contributed by atoms with E-state index in [0.717, 1.165) is 11.1 Å². The minimum absolute atomic E-state index is 0.281. The van der Waals surface area contributed by atoms with Gasteiger partial charge in [-0.25, -0.2) is 4.79 Å². The van der Waals surface area contributed by atoms with E-state index < -0.39 is 11.9 Å². The first-order valence-corrected chi connectivity index (χ1v) is 5.17. The van der Waals surface area contributed by atoms with Gasteiger partial charge in [0.1, 0.15) is 0 Å². The van der Waals surface area contributed by atoms with Gasteiger partial charge < -0.3 is 4.74 Å². The van der Waals surface area contributed by atoms with E-state index in [9.17, 15) is 9.59 Å². The van der Waals surface area contributed by atoms with Gasteiger partial charge in [0.2, 0.25) is 0 Å². The highest BCUT2D eigenvalue weighted by atomic mass is 16.6. The van der Waals surface area contributed by atoms with Gasteiger partial charge in [0.25, 0.3) is 0 Å². The minimum Gasteiger partial charge on any atom is -0.390 e. The zero-order valence-corrected chi connectivity index (χ0v) is 9.03. The molecule has 0 atom stereocenters. The average Bonchev–Trinajstić information content (AvgIpc) is 2.22. The molecule has 1 saturated heterocycles. The van der Waals surface area contributed by atoms with Gasteiger partial charge in [0, 0.05) is 5.57 Å². The van der Waals surface area contributed by atoms with E-state index in [1.165, 1.54) is 0 Å². The summed E-state index contributed by atoms with van der Waals surface area (Å²) in [6.45, 7) is 1.99. The van der Waals surface area contributed by atoms with Gasteiger partial charge in [0.05, 0.1) is 6.42 Å². The maximum Gasteiger partial charge on any atom is 0.341 e. The van der Waals surface area contributed by atoms with Crippen LogP contribution < -0.4 is 0 Å². The zero-order valence-electron chi connectivity index (χ0n) is 9.03. The second-order valence-corrected chi connectivity index (χ2v) is 3.85. The number of cyclic esters (lactones) is 2. The lowest BCUT2D eigenvalue weighted by Crippen LogP contribution is -2.20. The molecule has 1 heterocycles. The molecule has 2 rings (SSSR count). The topological polar surface area (TPSA) is 43.4 Å². The van der Waals surface area contributed by atoms with E-state index in [4.69, 9.17) is 0 Å². The summed E-state index contributed by atoms with van der Waals surface area (Å²) in [6, 6.07) is 7.83. The predicted octanol–water partition coefficient (Wildman–Crippen LogP) is 2.24. The average molecular weight is 216 g/mol. The van der Waals surface area contributed by atoms with Gasteiger partial charge in [-0.15, -0.1) is 0 Å². The first-order chi connectivity index (χ1) is 7.65. The molecular formula is C13H12O3. The number of benzene rings is 1. The molecule has 0 spiro atoms. The summed E-state index contributed by atoms with van der Waals surface area (Å²) in [5.41, 5.74) is 2.65. The largest absolute Gasteiger partial charge is 0.390 e. The van der Waals surface area contributed by atoms with Crippen molar-refractivity contribution in [3.63, 3.8) is 0 Å². The van der Waals surface area contributed by atoms with Crippen molar-refractivity contribution >= 4 is 18.0 Å². The summed E-state index contributed by atoms with van der Waals surface area (Å²) in [5.74, 6) is -0.954. The van der Waals surface area contributed by atoms with Gasteiger partial charge in [0.15, 0.2) is 0 Å². The molecule has 0 unspecified atom stereocenters. The fourth-order valence-corrected chi connectivity index (χ4v) is 1.65. The molecule has 0 bridgehead atoms. The Bertz CT molecular complexity index is 472. The molecule has 0 radical (unpaired) electrons. The number of carbonyl (C=O) groups excluding carboxylic acids is 2. The summed E-state index contributed by atoms with van der Waals surface area (Å²) >= 11 is 0. The van der Waals surface area contributed by atoms with Crippen LogP contribution >= 0.6 is 0 Å². The van der Waals surface area contributed by atoms with E-state index in [2.05, 4.69) is 4.74 Å². The number of esters is 2. The smallest absolute Gasteiger partial charge is 0.341 e. The van der Waals surface area contributed by atoms with Crippen molar-refractivity contribution in [2.75, 3.05) is 0 Å². The third-order valence-electron chi connectivity index (χ3n) is 2.45. The van der Waals surface area contributed by atoms with Crippen molar-refractivity contribution in [2.45, 2.75) is 19.8 Å². The standard InChI is InChI=1S/C13H12O3/c1-9-3-2-4-10(7-9)8-11-5-6-12(14)16-13(11)15/h2-4,7-8H,5-6H2,1H3/b11-8+. The van der Waals surface area contributed by atoms with Crippen LogP contribution in [0.4, 0.5) is 0 Å². The van der Waals surface area contributed by atoms with Crippen molar-refractivity contribution in [3.05, 3.63) is 41.0 Å². The third-order valence-corrected chi connectivity index (χ3v) is 2.45. The number of hydrogen-bond acceptors (Lipinski definition) is 3. The molecule has 0 amide bonds. The van der Waals surface area contributed by atoms with Crippen molar-refractivity contribution < 1.29 is 14.3 Å². The van der Waals surface area contributed by atoms with Crippen LogP contribution in [0.25, 0.3) is 6.08 Å². The second-order valence-electron chi connectivity index (χ2n) is 3.85. The number of ether oxygens (including phenoxy) is 1. The van der Waals surface area contributed by atoms with Gasteiger partial charge in [-0.05, 0) is 25.0 Å². The number of aryl methyl sites for hydroxylation is 1. The van der Waals surface area contributed by atoms with E-state index in [0.29, 0.717) is 12.0 Å². The Morgan fingerprint density at radius 1 is 1.25 bits per heavy atom. The van der Waals surface area contributed by atoms with Gasteiger partial charge >= 0.3 is 11.9 Å². The second kappa shape index (κ2) is 4.31. The van der Waals surface area contributed by atoms with Crippen LogP contribution in [0.5, 0.6) is 0 Å². The lowest BCUT2D eigenvalue weighted by Gasteiger charge is -2.12. The third kappa shape index (κ3) is 2.37. The van der Waals surface area contributed by atoms with E-state index in [1.807, 2.05) is 31.2 Å². The van der Waals surface area contributed by atoms with Crippen molar-refractivity contribution in [1.29, 1.82) is 0 Å². The summed E-state index contributed by atoms with van der Waals surface area (Å²) in [4.78, 5) is 22.2. The fraction of sp³-hybridized carbons (Fsp3) is 0.231. The minimum atomic E-state index is -0.516. The summed E-state index contributed by atoms with van der Waals surface area (Å²) < 4.78 is 4.56. The van der Waals surface area contributed by atoms with E-state index in [-0.39, 0.29) is 6.42 Å². The van der Waals surface area contributed by atoms with Crippen molar-refractivity contribution in [1.82, 2.24) is 0 Å². The number of carbonyl (C=O) groups is 2. The highest BCUT2D eigenvalue weighted by Crippen LogP contribution is 2.19. The molecule has 0 aliphatic carbocycles. The molecule has 1 aromatic carbocycles. The molecule has 1 aromatic rings. The Morgan fingerprint density at radius 3 is 2.75 bits per heavy atom. The van der Waals surface area contributed by atoms with Crippen LogP contribution in [0.3, 0.4) is 0 Å². The SMILES string of the molecule is Cc1cccc(/C=C2\CCC(=O)OC2=O)c1. The molecule has 1 aliphatic rings. The Labute approximate surface area is 93.7 Å². The normalized spacial score (nSPS) is 18.7. The Balaban J connectivity index is 2.24. The highest BCUT2D eigenvalue weighted by Gasteiger charge is 2.22. The zero-order chi connectivity index (χ0) is 11.5. The lowest BCUT2D eigenvalue weighted by molar-refractivity contribution is -0.159. The molecule has 3 heteroatoms. The number of rotatable bonds is 1. The summed E-state index contributed by atoms with van der Waals surface area (Å²) in [7, 11) is 0. The first-order valence-electron chi connectivity index (χ1n) is 5.17. The Morgan fingerprint density at radius 2 is 2.06 bits per heavy atom. The first kappa shape index (κ1) is 10.6. The maximum absolute atomic E-state index is 11.4. The molecule has 16 heavy (non-hydrogen) atoms. The van der Waals surface area contributed by atoms with Crippen molar-refractivity contribution in [2.24, 2.45) is 0 Å². The van der Waals surface area contributed by atoms with Crippen LogP contribution in [0.15, 0.2) is 29.8 Å². The summed E-state index contributed by atoms with van der Waals surface area (Å²) in [5, 5.41) is 0. The molecule has 82 valence electrons. The Hall–Kier alpha value is -1.90. The lowest BCUT2D eigenvalue weighted by atomic mass is 10.0. The quantitative estimate of drug-likeness (QED) is 0.411. The molecular weight excluding hydrogens is 204 g/mol. The van der Waals surface area contributed by atoms with Gasteiger partial charge in [-0.2, -0.15) is 0 Å². The van der Waals surface area contributed by atoms with E-state index >= 15 is 0 Å². The van der Waals surface area contributed by atoms with Crippen LogP contribution in [0.1, 0.15) is 24.0 Å². The maximum atomic E-state index is 11.4. The highest BCUT2D eigenvalue weighted by molar-refractivity contribution is 6.02. The van der Waals surface area contributed by atoms with Gasteiger partial charge in [-0.1, -0.05) is 29.8 Å². The van der Waals surface area contributed by atoms with Crippen LogP contribution in [0.2, 0.25) is 0 Å². The molecule has 3 nitrogen and oxygen atoms in total. The molecule has 0 saturated carbocycles. The molecule has 0 N–H and O–H groups in total. The monoisotopic (exact) mass is 216 g/mol.